The van der Waals surface area contributed by atoms with E-state index in [1.54, 1.807) is 18.2 Å². The predicted molar refractivity (Wildman–Crippen MR) is 110 cm³/mol. The number of amides is 1. The molecular weight excluding hydrogens is 399 g/mol. The maximum atomic E-state index is 12.6. The molecule has 2 aromatic rings. The van der Waals surface area contributed by atoms with E-state index in [0.717, 1.165) is 30.9 Å². The number of quaternary nitrogens is 1. The van der Waals surface area contributed by atoms with Gasteiger partial charge >= 0.3 is 0 Å². The van der Waals surface area contributed by atoms with Crippen LogP contribution in [0, 0.1) is 0 Å². The molecule has 1 amide bonds. The molecule has 0 aromatic heterocycles. The zero-order valence-electron chi connectivity index (χ0n) is 15.7. The molecule has 148 valence electrons. The average molecular weight is 422 g/mol. The molecule has 0 bridgehead atoms. The third-order valence-corrected chi connectivity index (χ3v) is 5.77. The number of carbonyl (C=O) groups excluding carboxylic acids is 1. The van der Waals surface area contributed by atoms with Crippen LogP contribution in [0.25, 0.3) is 0 Å². The molecule has 2 heterocycles. The molecule has 0 radical (unpaired) electrons. The lowest BCUT2D eigenvalue weighted by Gasteiger charge is -2.32. The van der Waals surface area contributed by atoms with Gasteiger partial charge in [0.1, 0.15) is 6.04 Å². The SMILES string of the molecule is C[C@@H]1c2cc3c(cc2CC[NH+]1CC(=O)Nc1cc(Cl)cc(Cl)c1)OCCCO3. The standard InChI is InChI=1S/C21H22Cl2N2O3/c1-13-18-11-20-19(27-5-2-6-28-20)7-14(18)3-4-25(13)12-21(26)24-17-9-15(22)8-16(23)10-17/h7-11,13H,2-6,12H2,1H3,(H,24,26)/p+1/t13-/m1/s1. The van der Waals surface area contributed by atoms with Crippen LogP contribution < -0.4 is 19.7 Å². The van der Waals surface area contributed by atoms with Gasteiger partial charge in [-0.15, -0.1) is 0 Å². The van der Waals surface area contributed by atoms with Gasteiger partial charge in [-0.3, -0.25) is 4.79 Å². The molecule has 28 heavy (non-hydrogen) atoms. The molecule has 7 heteroatoms. The molecule has 1 unspecified atom stereocenters. The molecule has 2 aliphatic heterocycles. The minimum absolute atomic E-state index is 0.0574. The highest BCUT2D eigenvalue weighted by Gasteiger charge is 2.31. The van der Waals surface area contributed by atoms with Gasteiger partial charge in [0.05, 0.1) is 19.8 Å². The number of rotatable bonds is 3. The van der Waals surface area contributed by atoms with Gasteiger partial charge in [-0.2, -0.15) is 0 Å². The number of fused-ring (bicyclic) bond motifs is 2. The minimum Gasteiger partial charge on any atom is -0.490 e. The topological polar surface area (TPSA) is 52.0 Å². The molecule has 2 aliphatic rings. The van der Waals surface area contributed by atoms with Gasteiger partial charge in [0.2, 0.25) is 0 Å². The number of anilines is 1. The van der Waals surface area contributed by atoms with E-state index in [9.17, 15) is 4.79 Å². The molecule has 0 fully saturated rings. The second kappa shape index (κ2) is 8.19. The van der Waals surface area contributed by atoms with Gasteiger partial charge in [0, 0.05) is 34.1 Å². The van der Waals surface area contributed by atoms with E-state index in [-0.39, 0.29) is 11.9 Å². The Balaban J connectivity index is 1.47. The first-order valence-electron chi connectivity index (χ1n) is 9.52. The van der Waals surface area contributed by atoms with Crippen molar-refractivity contribution >= 4 is 34.8 Å². The molecule has 0 aliphatic carbocycles. The second-order valence-electron chi connectivity index (χ2n) is 7.31. The summed E-state index contributed by atoms with van der Waals surface area (Å²) in [6.45, 7) is 4.77. The van der Waals surface area contributed by atoms with Crippen LogP contribution in [0.15, 0.2) is 30.3 Å². The van der Waals surface area contributed by atoms with Gasteiger partial charge in [-0.25, -0.2) is 0 Å². The third kappa shape index (κ3) is 4.22. The van der Waals surface area contributed by atoms with Gasteiger partial charge in [0.15, 0.2) is 18.0 Å². The summed E-state index contributed by atoms with van der Waals surface area (Å²) in [5.74, 6) is 1.59. The van der Waals surface area contributed by atoms with E-state index in [1.165, 1.54) is 16.0 Å². The molecule has 0 saturated carbocycles. The predicted octanol–water partition coefficient (Wildman–Crippen LogP) is 3.30. The van der Waals surface area contributed by atoms with Crippen molar-refractivity contribution in [2.24, 2.45) is 0 Å². The van der Waals surface area contributed by atoms with Crippen molar-refractivity contribution in [1.29, 1.82) is 0 Å². The molecular formula is C21H23Cl2N2O3+. The number of ether oxygens (including phenoxy) is 2. The summed E-state index contributed by atoms with van der Waals surface area (Å²) in [5, 5.41) is 3.90. The van der Waals surface area contributed by atoms with E-state index in [2.05, 4.69) is 24.4 Å². The van der Waals surface area contributed by atoms with Gasteiger partial charge in [-0.1, -0.05) is 23.2 Å². The van der Waals surface area contributed by atoms with Crippen LogP contribution in [0.3, 0.4) is 0 Å². The van der Waals surface area contributed by atoms with Crippen LogP contribution in [-0.4, -0.2) is 32.2 Å². The smallest absolute Gasteiger partial charge is 0.279 e. The molecule has 0 spiro atoms. The Hall–Kier alpha value is -1.95. The molecule has 2 aromatic carbocycles. The Morgan fingerprint density at radius 2 is 1.79 bits per heavy atom. The van der Waals surface area contributed by atoms with Gasteiger partial charge < -0.3 is 19.7 Å². The Kier molecular flexibility index (Phi) is 5.67. The lowest BCUT2D eigenvalue weighted by atomic mass is 9.93. The quantitative estimate of drug-likeness (QED) is 0.799. The molecule has 2 atom stereocenters. The number of hydrogen-bond donors (Lipinski definition) is 2. The van der Waals surface area contributed by atoms with Crippen molar-refractivity contribution in [3.63, 3.8) is 0 Å². The largest absolute Gasteiger partial charge is 0.490 e. The van der Waals surface area contributed by atoms with Crippen LogP contribution in [-0.2, 0) is 11.2 Å². The summed E-state index contributed by atoms with van der Waals surface area (Å²) >= 11 is 12.0. The van der Waals surface area contributed by atoms with Crippen LogP contribution >= 0.6 is 23.2 Å². The van der Waals surface area contributed by atoms with Crippen molar-refractivity contribution < 1.29 is 19.2 Å². The minimum atomic E-state index is -0.0574. The van der Waals surface area contributed by atoms with Crippen molar-refractivity contribution in [3.8, 4) is 11.5 Å². The number of halogens is 2. The summed E-state index contributed by atoms with van der Waals surface area (Å²) in [5.41, 5.74) is 3.12. The third-order valence-electron chi connectivity index (χ3n) is 5.34. The Labute approximate surface area is 174 Å². The summed E-state index contributed by atoms with van der Waals surface area (Å²) in [7, 11) is 0. The van der Waals surface area contributed by atoms with E-state index in [0.29, 0.717) is 35.5 Å². The number of nitrogens with one attached hydrogen (secondary N) is 2. The van der Waals surface area contributed by atoms with E-state index in [1.807, 2.05) is 0 Å². The zero-order chi connectivity index (χ0) is 19.7. The van der Waals surface area contributed by atoms with Crippen LogP contribution in [0.5, 0.6) is 11.5 Å². The van der Waals surface area contributed by atoms with Crippen molar-refractivity contribution in [3.05, 3.63) is 51.5 Å². The number of hydrogen-bond acceptors (Lipinski definition) is 3. The first-order chi connectivity index (χ1) is 13.5. The Morgan fingerprint density at radius 3 is 2.50 bits per heavy atom. The lowest BCUT2D eigenvalue weighted by Crippen LogP contribution is -3.14. The highest BCUT2D eigenvalue weighted by molar-refractivity contribution is 6.35. The average Bonchev–Trinajstić information content (AvgIpc) is 2.86. The first kappa shape index (κ1) is 19.4. The van der Waals surface area contributed by atoms with Crippen molar-refractivity contribution in [2.45, 2.75) is 25.8 Å². The number of carbonyl (C=O) groups is 1. The van der Waals surface area contributed by atoms with Crippen molar-refractivity contribution in [2.75, 3.05) is 31.6 Å². The fraction of sp³-hybridized carbons (Fsp3) is 0.381. The Morgan fingerprint density at radius 1 is 1.11 bits per heavy atom. The van der Waals surface area contributed by atoms with Crippen LogP contribution in [0.4, 0.5) is 5.69 Å². The fourth-order valence-electron chi connectivity index (χ4n) is 3.90. The molecule has 2 N–H and O–H groups in total. The number of benzene rings is 2. The van der Waals surface area contributed by atoms with E-state index in [4.69, 9.17) is 32.7 Å². The molecule has 0 saturated heterocycles. The van der Waals surface area contributed by atoms with E-state index >= 15 is 0 Å². The molecule has 4 rings (SSSR count). The summed E-state index contributed by atoms with van der Waals surface area (Å²) in [6, 6.07) is 9.42. The summed E-state index contributed by atoms with van der Waals surface area (Å²) < 4.78 is 11.7. The maximum Gasteiger partial charge on any atom is 0.279 e. The van der Waals surface area contributed by atoms with Crippen LogP contribution in [0.1, 0.15) is 30.5 Å². The maximum absolute atomic E-state index is 12.6. The highest BCUT2D eigenvalue weighted by atomic mass is 35.5. The summed E-state index contributed by atoms with van der Waals surface area (Å²) in [6.07, 6.45) is 1.79. The lowest BCUT2D eigenvalue weighted by molar-refractivity contribution is -0.924. The van der Waals surface area contributed by atoms with Gasteiger partial charge in [-0.05, 0) is 42.8 Å². The van der Waals surface area contributed by atoms with Gasteiger partial charge in [0.25, 0.3) is 5.91 Å². The second-order valence-corrected chi connectivity index (χ2v) is 8.18. The first-order valence-corrected chi connectivity index (χ1v) is 10.3. The monoisotopic (exact) mass is 421 g/mol. The molecule has 5 nitrogen and oxygen atoms in total. The van der Waals surface area contributed by atoms with Crippen molar-refractivity contribution in [1.82, 2.24) is 0 Å². The zero-order valence-corrected chi connectivity index (χ0v) is 17.2. The fourth-order valence-corrected chi connectivity index (χ4v) is 4.42. The summed E-state index contributed by atoms with van der Waals surface area (Å²) in [4.78, 5) is 13.8. The normalized spacial score (nSPS) is 20.8. The van der Waals surface area contributed by atoms with E-state index < -0.39 is 0 Å². The highest BCUT2D eigenvalue weighted by Crippen LogP contribution is 2.35. The Bertz CT molecular complexity index is 883. The van der Waals surface area contributed by atoms with Crippen LogP contribution in [0.2, 0.25) is 10.0 Å².